The van der Waals surface area contributed by atoms with Crippen LogP contribution >= 0.6 is 0 Å². The van der Waals surface area contributed by atoms with Crippen LogP contribution in [0.1, 0.15) is 22.3 Å². The summed E-state index contributed by atoms with van der Waals surface area (Å²) in [5.41, 5.74) is 10.5. The smallest absolute Gasteiger partial charge is 0.128 e. The lowest BCUT2D eigenvalue weighted by molar-refractivity contribution is 0.409. The molecule has 4 heteroatoms. The first kappa shape index (κ1) is 15.6. The van der Waals surface area contributed by atoms with Gasteiger partial charge < -0.3 is 15.8 Å². The average Bonchev–Trinajstić information content (AvgIpc) is 3.15. The van der Waals surface area contributed by atoms with Crippen LogP contribution in [0.25, 0.3) is 0 Å². The van der Waals surface area contributed by atoms with E-state index in [0.717, 1.165) is 48.6 Å². The Hall–Kier alpha value is -2.33. The molecule has 0 bridgehead atoms. The van der Waals surface area contributed by atoms with Gasteiger partial charge in [-0.25, -0.2) is 0 Å². The minimum absolute atomic E-state index is 0.538. The van der Waals surface area contributed by atoms with Gasteiger partial charge in [-0.05, 0) is 35.6 Å². The van der Waals surface area contributed by atoms with Crippen LogP contribution in [0.5, 0.6) is 5.75 Å². The van der Waals surface area contributed by atoms with E-state index in [1.807, 2.05) is 6.07 Å². The highest BCUT2D eigenvalue weighted by Gasteiger charge is 2.08. The summed E-state index contributed by atoms with van der Waals surface area (Å²) in [6.07, 6.45) is 1.94. The Labute approximate surface area is 137 Å². The summed E-state index contributed by atoms with van der Waals surface area (Å²) in [7, 11) is 1.71. The molecule has 0 radical (unpaired) electrons. The third-order valence-electron chi connectivity index (χ3n) is 4.17. The molecule has 0 saturated heterocycles. The maximum absolute atomic E-state index is 5.68. The van der Waals surface area contributed by atoms with Crippen LogP contribution in [-0.2, 0) is 19.4 Å². The normalized spacial score (nSPS) is 13.6. The molecule has 0 saturated carbocycles. The molecule has 120 valence electrons. The monoisotopic (exact) mass is 309 g/mol. The first-order valence-electron chi connectivity index (χ1n) is 8.03. The largest absolute Gasteiger partial charge is 0.496 e. The Balaban J connectivity index is 1.66. The fraction of sp³-hybridized carbons (Fsp3) is 0.316. The lowest BCUT2D eigenvalue weighted by Crippen LogP contribution is -2.19. The third kappa shape index (κ3) is 3.71. The van der Waals surface area contributed by atoms with Gasteiger partial charge in [-0.2, -0.15) is 0 Å². The molecule has 0 aromatic heterocycles. The van der Waals surface area contributed by atoms with Gasteiger partial charge in [0, 0.05) is 18.7 Å². The molecule has 3 N–H and O–H groups in total. The van der Waals surface area contributed by atoms with Crippen LogP contribution in [0.15, 0.2) is 47.5 Å². The summed E-state index contributed by atoms with van der Waals surface area (Å²) in [6.45, 7) is 2.35. The number of amidine groups is 1. The van der Waals surface area contributed by atoms with Gasteiger partial charge in [0.25, 0.3) is 0 Å². The van der Waals surface area contributed by atoms with Crippen molar-refractivity contribution in [2.75, 3.05) is 20.2 Å². The fourth-order valence-corrected chi connectivity index (χ4v) is 2.82. The van der Waals surface area contributed by atoms with Gasteiger partial charge in [-0.1, -0.05) is 36.4 Å². The minimum atomic E-state index is 0.538. The first-order chi connectivity index (χ1) is 11.3. The molecule has 4 nitrogen and oxygen atoms in total. The second-order valence-electron chi connectivity index (χ2n) is 5.70. The molecule has 0 spiro atoms. The number of rotatable bonds is 6. The molecule has 0 amide bonds. The summed E-state index contributed by atoms with van der Waals surface area (Å²) in [4.78, 5) is 4.45. The van der Waals surface area contributed by atoms with Crippen molar-refractivity contribution in [3.05, 3.63) is 64.7 Å². The maximum Gasteiger partial charge on any atom is 0.128 e. The van der Waals surface area contributed by atoms with E-state index < -0.39 is 0 Å². The van der Waals surface area contributed by atoms with E-state index in [1.165, 1.54) is 11.1 Å². The van der Waals surface area contributed by atoms with E-state index in [9.17, 15) is 0 Å². The van der Waals surface area contributed by atoms with Crippen molar-refractivity contribution < 1.29 is 4.74 Å². The summed E-state index contributed by atoms with van der Waals surface area (Å²) < 4.78 is 5.48. The zero-order valence-corrected chi connectivity index (χ0v) is 13.5. The van der Waals surface area contributed by atoms with Crippen LogP contribution in [0.4, 0.5) is 0 Å². The molecule has 1 heterocycles. The number of benzene rings is 2. The number of aliphatic imine (C=N–C) groups is 1. The van der Waals surface area contributed by atoms with E-state index in [2.05, 4.69) is 46.7 Å². The van der Waals surface area contributed by atoms with Gasteiger partial charge in [0.05, 0.1) is 13.7 Å². The second-order valence-corrected chi connectivity index (χ2v) is 5.70. The van der Waals surface area contributed by atoms with Crippen molar-refractivity contribution >= 4 is 5.84 Å². The Morgan fingerprint density at radius 3 is 2.52 bits per heavy atom. The molecule has 2 aromatic carbocycles. The topological polar surface area (TPSA) is 59.6 Å². The summed E-state index contributed by atoms with van der Waals surface area (Å²) in [5.74, 6) is 1.93. The molecule has 1 aliphatic heterocycles. The van der Waals surface area contributed by atoms with Gasteiger partial charge in [0.1, 0.15) is 11.6 Å². The van der Waals surface area contributed by atoms with Gasteiger partial charge in [0.2, 0.25) is 0 Å². The van der Waals surface area contributed by atoms with Gasteiger partial charge >= 0.3 is 0 Å². The Morgan fingerprint density at radius 2 is 1.87 bits per heavy atom. The SMILES string of the molecule is COc1cc(CN)ccc1CCc1ccc(C2=NCCN2)cc1. The van der Waals surface area contributed by atoms with Crippen molar-refractivity contribution in [1.29, 1.82) is 0 Å². The molecule has 2 aromatic rings. The summed E-state index contributed by atoms with van der Waals surface area (Å²) in [5, 5.41) is 3.30. The number of methoxy groups -OCH3 is 1. The molecule has 0 atom stereocenters. The van der Waals surface area contributed by atoms with E-state index >= 15 is 0 Å². The van der Waals surface area contributed by atoms with E-state index in [1.54, 1.807) is 7.11 Å². The number of ether oxygens (including phenoxy) is 1. The number of aryl methyl sites for hydroxylation is 2. The number of nitrogens with zero attached hydrogens (tertiary/aromatic N) is 1. The molecule has 0 unspecified atom stereocenters. The zero-order chi connectivity index (χ0) is 16.1. The molecule has 3 rings (SSSR count). The predicted octanol–water partition coefficient (Wildman–Crippen LogP) is 2.29. The highest BCUT2D eigenvalue weighted by Crippen LogP contribution is 2.22. The number of hydrogen-bond acceptors (Lipinski definition) is 4. The van der Waals surface area contributed by atoms with Crippen molar-refractivity contribution in [3.8, 4) is 5.75 Å². The van der Waals surface area contributed by atoms with E-state index in [-0.39, 0.29) is 0 Å². The molecule has 0 aliphatic carbocycles. The molecule has 1 aliphatic rings. The zero-order valence-electron chi connectivity index (χ0n) is 13.5. The Morgan fingerprint density at radius 1 is 1.09 bits per heavy atom. The lowest BCUT2D eigenvalue weighted by atomic mass is 10.0. The third-order valence-corrected chi connectivity index (χ3v) is 4.17. The molecular formula is C19H23N3O. The van der Waals surface area contributed by atoms with Gasteiger partial charge in [0.15, 0.2) is 0 Å². The summed E-state index contributed by atoms with van der Waals surface area (Å²) in [6, 6.07) is 14.9. The Kier molecular flexibility index (Phi) is 4.93. The highest BCUT2D eigenvalue weighted by molar-refractivity contribution is 5.99. The highest BCUT2D eigenvalue weighted by atomic mass is 16.5. The first-order valence-corrected chi connectivity index (χ1v) is 8.03. The second kappa shape index (κ2) is 7.29. The fourth-order valence-electron chi connectivity index (χ4n) is 2.82. The molecule has 23 heavy (non-hydrogen) atoms. The van der Waals surface area contributed by atoms with Crippen LogP contribution in [-0.4, -0.2) is 26.0 Å². The van der Waals surface area contributed by atoms with Crippen molar-refractivity contribution in [3.63, 3.8) is 0 Å². The van der Waals surface area contributed by atoms with E-state index in [4.69, 9.17) is 10.5 Å². The quantitative estimate of drug-likeness (QED) is 0.861. The maximum atomic E-state index is 5.68. The number of hydrogen-bond donors (Lipinski definition) is 2. The van der Waals surface area contributed by atoms with Crippen LogP contribution in [0.2, 0.25) is 0 Å². The molecule has 0 fully saturated rings. The number of nitrogens with one attached hydrogen (secondary N) is 1. The minimum Gasteiger partial charge on any atom is -0.496 e. The standard InChI is InChI=1S/C19H23N3O/c1-23-18-12-15(13-20)5-7-16(18)6-2-14-3-8-17(9-4-14)19-21-10-11-22-19/h3-5,7-9,12H,2,6,10-11,13,20H2,1H3,(H,21,22). The van der Waals surface area contributed by atoms with Crippen LogP contribution in [0, 0.1) is 0 Å². The number of nitrogens with two attached hydrogens (primary N) is 1. The lowest BCUT2D eigenvalue weighted by Gasteiger charge is -2.10. The summed E-state index contributed by atoms with van der Waals surface area (Å²) >= 11 is 0. The van der Waals surface area contributed by atoms with Gasteiger partial charge in [-0.15, -0.1) is 0 Å². The van der Waals surface area contributed by atoms with Crippen molar-refractivity contribution in [1.82, 2.24) is 5.32 Å². The van der Waals surface area contributed by atoms with Crippen molar-refractivity contribution in [2.45, 2.75) is 19.4 Å². The van der Waals surface area contributed by atoms with E-state index in [0.29, 0.717) is 6.54 Å². The molecular weight excluding hydrogens is 286 g/mol. The van der Waals surface area contributed by atoms with Crippen LogP contribution in [0.3, 0.4) is 0 Å². The predicted molar refractivity (Wildman–Crippen MR) is 94.1 cm³/mol. The average molecular weight is 309 g/mol. The van der Waals surface area contributed by atoms with Crippen LogP contribution < -0.4 is 15.8 Å². The van der Waals surface area contributed by atoms with Gasteiger partial charge in [-0.3, -0.25) is 4.99 Å². The van der Waals surface area contributed by atoms with Crippen molar-refractivity contribution in [2.24, 2.45) is 10.7 Å². The Bertz CT molecular complexity index is 692.